The molecule has 0 bridgehead atoms. The minimum Gasteiger partial charge on any atom is -0.388 e. The number of hydrogen-bond acceptors (Lipinski definition) is 2. The third-order valence-corrected chi connectivity index (χ3v) is 1.29. The van der Waals surface area contributed by atoms with Crippen LogP contribution < -0.4 is 5.73 Å². The van der Waals surface area contributed by atoms with Gasteiger partial charge >= 0.3 is 0 Å². The van der Waals surface area contributed by atoms with Crippen LogP contribution in [0.25, 0.3) is 0 Å². The lowest BCUT2D eigenvalue weighted by Gasteiger charge is -2.06. The summed E-state index contributed by atoms with van der Waals surface area (Å²) in [7, 11) is 0. The Morgan fingerprint density at radius 1 is 1.45 bits per heavy atom. The van der Waals surface area contributed by atoms with E-state index in [1.165, 1.54) is 0 Å². The van der Waals surface area contributed by atoms with Gasteiger partial charge in [-0.2, -0.15) is 0 Å². The van der Waals surface area contributed by atoms with E-state index in [1.54, 1.807) is 0 Å². The van der Waals surface area contributed by atoms with Gasteiger partial charge in [-0.15, -0.1) is 0 Å². The van der Waals surface area contributed by atoms with E-state index in [1.807, 2.05) is 13.8 Å². The Morgan fingerprint density at radius 2 is 2.09 bits per heavy atom. The number of unbranched alkanes of at least 4 members (excludes halogenated alkanes) is 1. The zero-order valence-corrected chi connectivity index (χ0v) is 7.39. The maximum absolute atomic E-state index is 6.95. The van der Waals surface area contributed by atoms with E-state index in [4.69, 9.17) is 15.9 Å². The first-order valence-electron chi connectivity index (χ1n) is 4.07. The molecule has 0 unspecified atom stereocenters. The SMILES string of the molecule is CC(C)OCCCCC(=N)N. The second kappa shape index (κ2) is 6.16. The molecule has 0 saturated heterocycles. The number of nitrogens with one attached hydrogen (secondary N) is 1. The summed E-state index contributed by atoms with van der Waals surface area (Å²) >= 11 is 0. The number of nitrogens with two attached hydrogens (primary N) is 1. The number of amidine groups is 1. The third-order valence-electron chi connectivity index (χ3n) is 1.29. The minimum atomic E-state index is 0.273. The standard InChI is InChI=1S/C8H18N2O/c1-7(2)11-6-4-3-5-8(9)10/h7H,3-6H2,1-2H3,(H3,9,10). The lowest BCUT2D eigenvalue weighted by Crippen LogP contribution is -2.10. The van der Waals surface area contributed by atoms with Crippen LogP contribution in [0.3, 0.4) is 0 Å². The fraction of sp³-hybridized carbons (Fsp3) is 0.875. The van der Waals surface area contributed by atoms with Crippen molar-refractivity contribution in [3.63, 3.8) is 0 Å². The zero-order valence-electron chi connectivity index (χ0n) is 7.39. The predicted octanol–water partition coefficient (Wildman–Crippen LogP) is 1.52. The smallest absolute Gasteiger partial charge is 0.0905 e. The van der Waals surface area contributed by atoms with E-state index in [9.17, 15) is 0 Å². The van der Waals surface area contributed by atoms with Crippen LogP contribution in [0, 0.1) is 5.41 Å². The quantitative estimate of drug-likeness (QED) is 0.350. The molecule has 11 heavy (non-hydrogen) atoms. The van der Waals surface area contributed by atoms with E-state index in [0.717, 1.165) is 19.4 Å². The van der Waals surface area contributed by atoms with Gasteiger partial charge in [-0.25, -0.2) is 0 Å². The van der Waals surface area contributed by atoms with Crippen molar-refractivity contribution in [2.24, 2.45) is 5.73 Å². The molecule has 0 fully saturated rings. The molecule has 0 aliphatic rings. The highest BCUT2D eigenvalue weighted by atomic mass is 16.5. The summed E-state index contributed by atoms with van der Waals surface area (Å²) < 4.78 is 5.31. The molecule has 0 atom stereocenters. The Kier molecular flexibility index (Phi) is 5.84. The van der Waals surface area contributed by atoms with Gasteiger partial charge in [-0.05, 0) is 26.7 Å². The lowest BCUT2D eigenvalue weighted by molar-refractivity contribution is 0.0763. The molecule has 66 valence electrons. The van der Waals surface area contributed by atoms with Crippen LogP contribution >= 0.6 is 0 Å². The fourth-order valence-electron chi connectivity index (χ4n) is 0.737. The van der Waals surface area contributed by atoms with E-state index < -0.39 is 0 Å². The molecule has 0 radical (unpaired) electrons. The summed E-state index contributed by atoms with van der Waals surface area (Å²) in [5, 5.41) is 6.95. The van der Waals surface area contributed by atoms with Crippen molar-refractivity contribution >= 4 is 5.84 Å². The Labute approximate surface area is 68.4 Å². The van der Waals surface area contributed by atoms with Crippen LogP contribution in [-0.4, -0.2) is 18.5 Å². The molecule has 3 heteroatoms. The van der Waals surface area contributed by atoms with Crippen molar-refractivity contribution in [2.45, 2.75) is 39.2 Å². The van der Waals surface area contributed by atoms with E-state index in [0.29, 0.717) is 12.5 Å². The van der Waals surface area contributed by atoms with E-state index >= 15 is 0 Å². The first-order valence-corrected chi connectivity index (χ1v) is 4.07. The van der Waals surface area contributed by atoms with Crippen LogP contribution in [0.4, 0.5) is 0 Å². The first kappa shape index (κ1) is 10.4. The average molecular weight is 158 g/mol. The van der Waals surface area contributed by atoms with E-state index in [-0.39, 0.29) is 5.84 Å². The van der Waals surface area contributed by atoms with Crippen molar-refractivity contribution in [3.05, 3.63) is 0 Å². The van der Waals surface area contributed by atoms with Crippen LogP contribution in [0.15, 0.2) is 0 Å². The monoisotopic (exact) mass is 158 g/mol. The zero-order chi connectivity index (χ0) is 8.69. The Morgan fingerprint density at radius 3 is 2.55 bits per heavy atom. The summed E-state index contributed by atoms with van der Waals surface area (Å²) in [4.78, 5) is 0. The fourth-order valence-corrected chi connectivity index (χ4v) is 0.737. The molecule has 0 rings (SSSR count). The highest BCUT2D eigenvalue weighted by molar-refractivity contribution is 5.76. The summed E-state index contributed by atoms with van der Waals surface area (Å²) in [6, 6.07) is 0. The van der Waals surface area contributed by atoms with Crippen molar-refractivity contribution in [3.8, 4) is 0 Å². The van der Waals surface area contributed by atoms with Crippen molar-refractivity contribution < 1.29 is 4.74 Å². The molecule has 0 aliphatic heterocycles. The summed E-state index contributed by atoms with van der Waals surface area (Å²) in [6.07, 6.45) is 2.97. The van der Waals surface area contributed by atoms with Gasteiger partial charge in [0.25, 0.3) is 0 Å². The van der Waals surface area contributed by atoms with Crippen LogP contribution in [-0.2, 0) is 4.74 Å². The van der Waals surface area contributed by atoms with Gasteiger partial charge in [0.05, 0.1) is 11.9 Å². The third kappa shape index (κ3) is 9.43. The van der Waals surface area contributed by atoms with Crippen LogP contribution in [0.2, 0.25) is 0 Å². The molecule has 3 nitrogen and oxygen atoms in total. The molecule has 0 spiro atoms. The second-order valence-electron chi connectivity index (χ2n) is 2.90. The molecule has 0 amide bonds. The average Bonchev–Trinajstić information content (AvgIpc) is 1.85. The largest absolute Gasteiger partial charge is 0.388 e. The molecule has 0 heterocycles. The van der Waals surface area contributed by atoms with E-state index in [2.05, 4.69) is 0 Å². The van der Waals surface area contributed by atoms with Crippen molar-refractivity contribution in [1.29, 1.82) is 5.41 Å². The number of rotatable bonds is 6. The topological polar surface area (TPSA) is 59.1 Å². The summed E-state index contributed by atoms with van der Waals surface area (Å²) in [5.74, 6) is 0.273. The van der Waals surface area contributed by atoms with Gasteiger partial charge in [0.15, 0.2) is 0 Å². The van der Waals surface area contributed by atoms with Crippen molar-refractivity contribution in [1.82, 2.24) is 0 Å². The summed E-state index contributed by atoms with van der Waals surface area (Å²) in [5.41, 5.74) is 5.18. The molecule has 0 aromatic carbocycles. The second-order valence-corrected chi connectivity index (χ2v) is 2.90. The Balaban J connectivity index is 2.97. The molecule has 0 aromatic rings. The van der Waals surface area contributed by atoms with Gasteiger partial charge in [0, 0.05) is 13.0 Å². The molecular weight excluding hydrogens is 140 g/mol. The molecule has 0 aliphatic carbocycles. The van der Waals surface area contributed by atoms with Gasteiger partial charge in [0.2, 0.25) is 0 Å². The predicted molar refractivity (Wildman–Crippen MR) is 46.9 cm³/mol. The Bertz CT molecular complexity index is 113. The maximum atomic E-state index is 6.95. The van der Waals surface area contributed by atoms with Gasteiger partial charge < -0.3 is 10.5 Å². The van der Waals surface area contributed by atoms with Gasteiger partial charge in [0.1, 0.15) is 0 Å². The molecule has 0 aromatic heterocycles. The molecular formula is C8H18N2O. The van der Waals surface area contributed by atoms with Gasteiger partial charge in [-0.1, -0.05) is 0 Å². The highest BCUT2D eigenvalue weighted by Crippen LogP contribution is 1.97. The van der Waals surface area contributed by atoms with Crippen LogP contribution in [0.1, 0.15) is 33.1 Å². The molecule has 0 saturated carbocycles. The Hall–Kier alpha value is -0.570. The molecule has 3 N–H and O–H groups in total. The lowest BCUT2D eigenvalue weighted by atomic mass is 10.2. The number of hydrogen-bond donors (Lipinski definition) is 2. The maximum Gasteiger partial charge on any atom is 0.0905 e. The number of ether oxygens (including phenoxy) is 1. The van der Waals surface area contributed by atoms with Crippen molar-refractivity contribution in [2.75, 3.05) is 6.61 Å². The summed E-state index contributed by atoms with van der Waals surface area (Å²) in [6.45, 7) is 4.82. The van der Waals surface area contributed by atoms with Gasteiger partial charge in [-0.3, -0.25) is 5.41 Å². The highest BCUT2D eigenvalue weighted by Gasteiger charge is 1.93. The normalized spacial score (nSPS) is 10.5. The first-order chi connectivity index (χ1) is 5.13. The van der Waals surface area contributed by atoms with Crippen LogP contribution in [0.5, 0.6) is 0 Å². The minimum absolute atomic E-state index is 0.273.